The second-order valence-electron chi connectivity index (χ2n) is 6.19. The fourth-order valence-electron chi connectivity index (χ4n) is 2.02. The summed E-state index contributed by atoms with van der Waals surface area (Å²) < 4.78 is 250. The third kappa shape index (κ3) is 3.59. The Balaban J connectivity index is 3.77. The normalized spacial score (nSPS) is 16.2. The first-order chi connectivity index (χ1) is 14.5. The van der Waals surface area contributed by atoms with E-state index in [1.54, 1.807) is 0 Å². The van der Waals surface area contributed by atoms with Crippen molar-refractivity contribution in [1.82, 2.24) is 0 Å². The molecule has 34 heavy (non-hydrogen) atoms. The molecule has 0 atom stereocenters. The first-order valence-electron chi connectivity index (χ1n) is 7.34. The van der Waals surface area contributed by atoms with Crippen LogP contribution in [-0.2, 0) is 5.92 Å². The van der Waals surface area contributed by atoms with Gasteiger partial charge in [-0.15, -0.1) is 11.3 Å². The summed E-state index contributed by atoms with van der Waals surface area (Å²) in [5.74, 6) is -66.8. The molecule has 0 nitrogen and oxygen atoms in total. The van der Waals surface area contributed by atoms with Gasteiger partial charge in [0, 0.05) is 0 Å². The monoisotopic (exact) mass is 586 g/mol. The minimum absolute atomic E-state index is 0.254. The van der Waals surface area contributed by atoms with Crippen molar-refractivity contribution in [1.29, 1.82) is 0 Å². The summed E-state index contributed by atoms with van der Waals surface area (Å²) in [6.07, 6.45) is -7.90. The largest absolute Gasteiger partial charge is 0.460 e. The smallest absolute Gasteiger partial charge is 0.193 e. The Bertz CT molecular complexity index is 894. The molecule has 1 aromatic rings. The first kappa shape index (κ1) is 30.7. The van der Waals surface area contributed by atoms with Gasteiger partial charge < -0.3 is 0 Å². The average Bonchev–Trinajstić information content (AvgIpc) is 3.06. The molecule has 1 heterocycles. The van der Waals surface area contributed by atoms with E-state index in [0.717, 1.165) is 0 Å². The van der Waals surface area contributed by atoms with E-state index in [-0.39, 0.29) is 6.07 Å². The molecule has 0 saturated carbocycles. The van der Waals surface area contributed by atoms with E-state index in [9.17, 15) is 83.4 Å². The highest BCUT2D eigenvalue weighted by Crippen LogP contribution is 2.66. The third-order valence-electron chi connectivity index (χ3n) is 4.02. The number of alkyl halides is 19. The molecule has 0 saturated heterocycles. The molecular formula is C13H2ClF19S. The molecule has 0 aromatic carbocycles. The van der Waals surface area contributed by atoms with Crippen molar-refractivity contribution >= 4 is 22.9 Å². The molecule has 0 fully saturated rings. The topological polar surface area (TPSA) is 0 Å². The van der Waals surface area contributed by atoms with Crippen LogP contribution in [0.2, 0.25) is 5.02 Å². The molecular weight excluding hydrogens is 585 g/mol. The maximum atomic E-state index is 13.8. The van der Waals surface area contributed by atoms with Crippen molar-refractivity contribution in [3.8, 4) is 0 Å². The quantitative estimate of drug-likeness (QED) is 0.268. The van der Waals surface area contributed by atoms with Gasteiger partial charge in [-0.2, -0.15) is 83.4 Å². The highest BCUT2D eigenvalue weighted by molar-refractivity contribution is 7.10. The predicted molar refractivity (Wildman–Crippen MR) is 73.9 cm³/mol. The summed E-state index contributed by atoms with van der Waals surface area (Å²) in [5, 5.41) is -1.25. The summed E-state index contributed by atoms with van der Waals surface area (Å²) in [5.41, 5.74) is 0. The lowest BCUT2D eigenvalue weighted by Crippen LogP contribution is -2.75. The molecule has 1 rings (SSSR count). The van der Waals surface area contributed by atoms with Crippen LogP contribution in [0.5, 0.6) is 0 Å². The van der Waals surface area contributed by atoms with Crippen LogP contribution in [0.4, 0.5) is 83.4 Å². The standard InChI is InChI=1S/C13H2ClF19S/c14-3-1-2-34-4(3)5(15,16)6(17,18)7(19,20)8(21,22)9(23,24)10(25,26)11(27,28)12(29,30)13(31,32)33/h1-2H. The number of rotatable bonds is 8. The molecule has 21 heteroatoms. The fourth-order valence-corrected chi connectivity index (χ4v) is 3.21. The second-order valence-corrected chi connectivity index (χ2v) is 7.51. The van der Waals surface area contributed by atoms with Gasteiger partial charge in [0.05, 0.1) is 9.90 Å². The minimum atomic E-state index is -8.93. The van der Waals surface area contributed by atoms with Gasteiger partial charge in [0.15, 0.2) is 0 Å². The van der Waals surface area contributed by atoms with Crippen LogP contribution in [0.15, 0.2) is 11.4 Å². The van der Waals surface area contributed by atoms with E-state index in [1.165, 1.54) is 0 Å². The number of hydrogen-bond acceptors (Lipinski definition) is 1. The van der Waals surface area contributed by atoms with E-state index in [0.29, 0.717) is 5.38 Å². The second kappa shape index (κ2) is 7.83. The van der Waals surface area contributed by atoms with Gasteiger partial charge in [0.2, 0.25) is 0 Å². The Morgan fingerprint density at radius 1 is 0.471 bits per heavy atom. The van der Waals surface area contributed by atoms with Crippen molar-refractivity contribution in [3.05, 3.63) is 21.3 Å². The van der Waals surface area contributed by atoms with Crippen LogP contribution < -0.4 is 0 Å². The van der Waals surface area contributed by atoms with Crippen molar-refractivity contribution in [3.63, 3.8) is 0 Å². The molecule has 1 aromatic heterocycles. The third-order valence-corrected chi connectivity index (χ3v) is 5.43. The molecule has 0 N–H and O–H groups in total. The highest BCUT2D eigenvalue weighted by Gasteiger charge is 2.96. The average molecular weight is 587 g/mol. The summed E-state index contributed by atoms with van der Waals surface area (Å²) in [4.78, 5) is -2.45. The van der Waals surface area contributed by atoms with Gasteiger partial charge in [0.25, 0.3) is 0 Å². The van der Waals surface area contributed by atoms with Gasteiger partial charge in [0.1, 0.15) is 0 Å². The van der Waals surface area contributed by atoms with Gasteiger partial charge in [-0.3, -0.25) is 0 Å². The molecule has 0 unspecified atom stereocenters. The van der Waals surface area contributed by atoms with E-state index >= 15 is 0 Å². The molecule has 200 valence electrons. The van der Waals surface area contributed by atoms with Crippen LogP contribution in [0, 0.1) is 0 Å². The maximum Gasteiger partial charge on any atom is 0.460 e. The van der Waals surface area contributed by atoms with Crippen molar-refractivity contribution < 1.29 is 83.4 Å². The summed E-state index contributed by atoms with van der Waals surface area (Å²) in [6.45, 7) is 0. The lowest BCUT2D eigenvalue weighted by Gasteiger charge is -2.43. The van der Waals surface area contributed by atoms with Crippen LogP contribution in [-0.4, -0.2) is 47.6 Å². The molecule has 0 aliphatic carbocycles. The zero-order valence-corrected chi connectivity index (χ0v) is 16.2. The maximum absolute atomic E-state index is 13.8. The van der Waals surface area contributed by atoms with E-state index < -0.39 is 74.8 Å². The van der Waals surface area contributed by atoms with Crippen molar-refractivity contribution in [2.45, 2.75) is 53.6 Å². The Kier molecular flexibility index (Phi) is 7.07. The number of hydrogen-bond donors (Lipinski definition) is 0. The Morgan fingerprint density at radius 2 is 0.765 bits per heavy atom. The molecule has 0 spiro atoms. The van der Waals surface area contributed by atoms with E-state index in [1.807, 2.05) is 0 Å². The highest BCUT2D eigenvalue weighted by atomic mass is 35.5. The molecule has 0 radical (unpaired) electrons. The summed E-state index contributed by atoms with van der Waals surface area (Å²) >= 11 is 4.23. The lowest BCUT2D eigenvalue weighted by atomic mass is 9.87. The molecule has 0 aliphatic rings. The minimum Gasteiger partial charge on any atom is -0.193 e. The Morgan fingerprint density at radius 3 is 1.03 bits per heavy atom. The fraction of sp³-hybridized carbons (Fsp3) is 0.692. The molecule has 0 bridgehead atoms. The summed E-state index contributed by atoms with van der Waals surface area (Å²) in [7, 11) is 0. The van der Waals surface area contributed by atoms with Crippen LogP contribution in [0.3, 0.4) is 0 Å². The first-order valence-corrected chi connectivity index (χ1v) is 8.60. The van der Waals surface area contributed by atoms with E-state index in [2.05, 4.69) is 0 Å². The van der Waals surface area contributed by atoms with Gasteiger partial charge in [-0.05, 0) is 11.4 Å². The number of thiophene rings is 1. The van der Waals surface area contributed by atoms with Gasteiger partial charge in [-0.1, -0.05) is 11.6 Å². The lowest BCUT2D eigenvalue weighted by molar-refractivity contribution is -0.469. The van der Waals surface area contributed by atoms with Crippen LogP contribution >= 0.6 is 22.9 Å². The Labute approximate surface area is 182 Å². The zero-order valence-electron chi connectivity index (χ0n) is 14.6. The van der Waals surface area contributed by atoms with Crippen LogP contribution in [0.1, 0.15) is 4.88 Å². The van der Waals surface area contributed by atoms with Gasteiger partial charge in [-0.25, -0.2) is 0 Å². The van der Waals surface area contributed by atoms with Gasteiger partial charge >= 0.3 is 53.6 Å². The Hall–Kier alpha value is -1.34. The summed E-state index contributed by atoms with van der Waals surface area (Å²) in [6, 6.07) is 0.254. The van der Waals surface area contributed by atoms with Crippen LogP contribution in [0.25, 0.3) is 0 Å². The predicted octanol–water partition coefficient (Wildman–Crippen LogP) is 8.50. The van der Waals surface area contributed by atoms with E-state index in [4.69, 9.17) is 11.6 Å². The van der Waals surface area contributed by atoms with Crippen molar-refractivity contribution in [2.24, 2.45) is 0 Å². The SMILES string of the molecule is FC(F)(F)C(F)(F)C(F)(F)C(F)(F)C(F)(F)C(F)(F)C(F)(F)C(F)(F)C(F)(F)c1sccc1Cl. The van der Waals surface area contributed by atoms with Crippen molar-refractivity contribution in [2.75, 3.05) is 0 Å². The zero-order chi connectivity index (χ0) is 27.8. The molecule has 0 aliphatic heterocycles. The number of halogens is 20. The molecule has 0 amide bonds.